The van der Waals surface area contributed by atoms with Crippen molar-refractivity contribution in [3.05, 3.63) is 45.7 Å². The Hall–Kier alpha value is -1.57. The van der Waals surface area contributed by atoms with Gasteiger partial charge in [-0.2, -0.15) is 0 Å². The quantitative estimate of drug-likeness (QED) is 0.850. The van der Waals surface area contributed by atoms with Gasteiger partial charge in [0.1, 0.15) is 15.8 Å². The Bertz CT molecular complexity index is 678. The number of carbonyl (C=O) groups is 1. The van der Waals surface area contributed by atoms with Gasteiger partial charge >= 0.3 is 0 Å². The maximum absolute atomic E-state index is 13.0. The van der Waals surface area contributed by atoms with E-state index in [2.05, 4.69) is 14.5 Å². The first kappa shape index (κ1) is 16.3. The zero-order valence-corrected chi connectivity index (χ0v) is 14.0. The molecule has 0 aliphatic carbocycles. The Morgan fingerprint density at radius 3 is 2.70 bits per heavy atom. The molecule has 1 aromatic heterocycles. The summed E-state index contributed by atoms with van der Waals surface area (Å²) in [5.74, 6) is -0.391. The second kappa shape index (κ2) is 7.33. The molecule has 122 valence electrons. The largest absolute Gasteiger partial charge is 0.337 e. The summed E-state index contributed by atoms with van der Waals surface area (Å²) < 4.78 is 17.4. The third-order valence-electron chi connectivity index (χ3n) is 3.85. The molecule has 8 heteroatoms. The minimum Gasteiger partial charge on any atom is -0.337 e. The molecule has 1 amide bonds. The van der Waals surface area contributed by atoms with Gasteiger partial charge in [-0.1, -0.05) is 16.1 Å². The van der Waals surface area contributed by atoms with Crippen LogP contribution in [0, 0.1) is 5.82 Å². The summed E-state index contributed by atoms with van der Waals surface area (Å²) in [6.45, 7) is 3.59. The molecule has 0 bridgehead atoms. The topological polar surface area (TPSA) is 49.3 Å². The van der Waals surface area contributed by atoms with Crippen LogP contribution in [0.4, 0.5) is 4.39 Å². The van der Waals surface area contributed by atoms with Crippen LogP contribution in [0.2, 0.25) is 4.34 Å². The van der Waals surface area contributed by atoms with E-state index in [9.17, 15) is 9.18 Å². The number of benzene rings is 1. The van der Waals surface area contributed by atoms with E-state index in [1.165, 1.54) is 35.8 Å². The fourth-order valence-electron chi connectivity index (χ4n) is 2.61. The fourth-order valence-corrected chi connectivity index (χ4v) is 3.22. The Morgan fingerprint density at radius 1 is 1.22 bits per heavy atom. The van der Waals surface area contributed by atoms with Crippen molar-refractivity contribution in [2.24, 2.45) is 0 Å². The Balaban J connectivity index is 1.60. The Labute approximate surface area is 142 Å². The van der Waals surface area contributed by atoms with Crippen molar-refractivity contribution in [3.8, 4) is 0 Å². The monoisotopic (exact) mass is 354 g/mol. The SMILES string of the molecule is O=C(c1ccc(F)cc1)N1CCCN(Cc2nnsc2Cl)CC1. The molecular weight excluding hydrogens is 339 g/mol. The molecule has 0 spiro atoms. The van der Waals surface area contributed by atoms with Crippen molar-refractivity contribution >= 4 is 29.0 Å². The van der Waals surface area contributed by atoms with Crippen molar-refractivity contribution in [1.29, 1.82) is 0 Å². The van der Waals surface area contributed by atoms with Crippen molar-refractivity contribution in [1.82, 2.24) is 19.4 Å². The fraction of sp³-hybridized carbons (Fsp3) is 0.400. The molecule has 3 rings (SSSR count). The third-order valence-corrected chi connectivity index (χ3v) is 4.83. The molecule has 1 saturated heterocycles. The highest BCUT2D eigenvalue weighted by Crippen LogP contribution is 2.19. The molecule has 0 N–H and O–H groups in total. The van der Waals surface area contributed by atoms with Crippen molar-refractivity contribution in [2.75, 3.05) is 26.2 Å². The third kappa shape index (κ3) is 4.04. The highest BCUT2D eigenvalue weighted by atomic mass is 35.5. The first-order valence-electron chi connectivity index (χ1n) is 7.37. The number of hydrogen-bond donors (Lipinski definition) is 0. The smallest absolute Gasteiger partial charge is 0.253 e. The van der Waals surface area contributed by atoms with E-state index in [1.54, 1.807) is 0 Å². The molecule has 1 fully saturated rings. The van der Waals surface area contributed by atoms with Crippen LogP contribution in [0.5, 0.6) is 0 Å². The highest BCUT2D eigenvalue weighted by Gasteiger charge is 2.21. The predicted molar refractivity (Wildman–Crippen MR) is 87.1 cm³/mol. The van der Waals surface area contributed by atoms with Gasteiger partial charge in [-0.15, -0.1) is 5.10 Å². The van der Waals surface area contributed by atoms with Crippen molar-refractivity contribution < 1.29 is 9.18 Å². The van der Waals surface area contributed by atoms with Crippen LogP contribution in [-0.2, 0) is 6.54 Å². The molecule has 0 radical (unpaired) electrons. The second-order valence-electron chi connectivity index (χ2n) is 5.42. The molecule has 23 heavy (non-hydrogen) atoms. The molecule has 1 aromatic carbocycles. The van der Waals surface area contributed by atoms with Gasteiger partial charge in [-0.25, -0.2) is 4.39 Å². The molecule has 1 aliphatic heterocycles. The minimum atomic E-state index is -0.336. The highest BCUT2D eigenvalue weighted by molar-refractivity contribution is 7.10. The molecule has 0 unspecified atom stereocenters. The van der Waals surface area contributed by atoms with Gasteiger partial charge in [0.25, 0.3) is 5.91 Å². The first-order chi connectivity index (χ1) is 11.1. The lowest BCUT2D eigenvalue weighted by Gasteiger charge is -2.21. The number of amides is 1. The van der Waals surface area contributed by atoms with Crippen LogP contribution in [0.25, 0.3) is 0 Å². The summed E-state index contributed by atoms with van der Waals surface area (Å²) in [5.41, 5.74) is 1.31. The summed E-state index contributed by atoms with van der Waals surface area (Å²) in [6, 6.07) is 5.69. The molecule has 5 nitrogen and oxygen atoms in total. The molecule has 2 heterocycles. The maximum Gasteiger partial charge on any atom is 0.253 e. The van der Waals surface area contributed by atoms with E-state index in [4.69, 9.17) is 11.6 Å². The van der Waals surface area contributed by atoms with Crippen LogP contribution >= 0.6 is 23.1 Å². The number of nitrogens with zero attached hydrogens (tertiary/aromatic N) is 4. The zero-order chi connectivity index (χ0) is 16.2. The maximum atomic E-state index is 13.0. The van der Waals surface area contributed by atoms with Crippen LogP contribution in [0.3, 0.4) is 0 Å². The molecule has 0 saturated carbocycles. The number of rotatable bonds is 3. The molecular formula is C15H16ClFN4OS. The number of aromatic nitrogens is 2. The second-order valence-corrected chi connectivity index (χ2v) is 6.78. The molecule has 2 aromatic rings. The standard InChI is InChI=1S/C15H16ClFN4OS/c16-14-13(18-19-23-14)10-20-6-1-7-21(9-8-20)15(22)11-2-4-12(17)5-3-11/h2-5H,1,6-10H2. The average Bonchev–Trinajstić information content (AvgIpc) is 2.82. The van der Waals surface area contributed by atoms with Crippen LogP contribution in [0.1, 0.15) is 22.5 Å². The number of carbonyl (C=O) groups excluding carboxylic acids is 1. The lowest BCUT2D eigenvalue weighted by molar-refractivity contribution is 0.0761. The number of halogens is 2. The summed E-state index contributed by atoms with van der Waals surface area (Å²) in [6.07, 6.45) is 0.877. The van der Waals surface area contributed by atoms with Gasteiger partial charge in [0.05, 0.1) is 0 Å². The summed E-state index contributed by atoms with van der Waals surface area (Å²) in [4.78, 5) is 16.5. The van der Waals surface area contributed by atoms with Crippen LogP contribution < -0.4 is 0 Å². The summed E-state index contributed by atoms with van der Waals surface area (Å²) in [5, 5.41) is 4.03. The van der Waals surface area contributed by atoms with Gasteiger partial charge in [-0.3, -0.25) is 9.69 Å². The Morgan fingerprint density at radius 2 is 2.00 bits per heavy atom. The predicted octanol–water partition coefficient (Wildman–Crippen LogP) is 2.68. The van der Waals surface area contributed by atoms with E-state index >= 15 is 0 Å². The van der Waals surface area contributed by atoms with E-state index in [1.807, 2.05) is 4.90 Å². The normalized spacial score (nSPS) is 16.3. The summed E-state index contributed by atoms with van der Waals surface area (Å²) >= 11 is 7.23. The van der Waals surface area contributed by atoms with E-state index in [0.29, 0.717) is 29.5 Å². The van der Waals surface area contributed by atoms with Crippen LogP contribution in [-0.4, -0.2) is 51.5 Å². The average molecular weight is 355 g/mol. The van der Waals surface area contributed by atoms with Gasteiger partial charge in [0, 0.05) is 49.8 Å². The van der Waals surface area contributed by atoms with E-state index in [0.717, 1.165) is 25.2 Å². The molecule has 1 aliphatic rings. The van der Waals surface area contributed by atoms with Gasteiger partial charge in [0.2, 0.25) is 0 Å². The summed E-state index contributed by atoms with van der Waals surface area (Å²) in [7, 11) is 0. The first-order valence-corrected chi connectivity index (χ1v) is 8.52. The van der Waals surface area contributed by atoms with E-state index < -0.39 is 0 Å². The van der Waals surface area contributed by atoms with Crippen molar-refractivity contribution in [3.63, 3.8) is 0 Å². The van der Waals surface area contributed by atoms with Gasteiger partial charge in [-0.05, 0) is 30.7 Å². The lowest BCUT2D eigenvalue weighted by atomic mass is 10.2. The number of hydrogen-bond acceptors (Lipinski definition) is 5. The Kier molecular flexibility index (Phi) is 5.20. The van der Waals surface area contributed by atoms with Gasteiger partial charge < -0.3 is 4.90 Å². The minimum absolute atomic E-state index is 0.0554. The zero-order valence-electron chi connectivity index (χ0n) is 12.4. The van der Waals surface area contributed by atoms with Crippen LogP contribution in [0.15, 0.2) is 24.3 Å². The van der Waals surface area contributed by atoms with Gasteiger partial charge in [0.15, 0.2) is 0 Å². The molecule has 0 atom stereocenters. The lowest BCUT2D eigenvalue weighted by Crippen LogP contribution is -2.35. The van der Waals surface area contributed by atoms with E-state index in [-0.39, 0.29) is 11.7 Å². The van der Waals surface area contributed by atoms with Crippen molar-refractivity contribution in [2.45, 2.75) is 13.0 Å².